The highest BCUT2D eigenvalue weighted by molar-refractivity contribution is 7.99. The number of rotatable bonds is 0. The second-order valence-electron chi connectivity index (χ2n) is 3.49. The minimum absolute atomic E-state index is 1.20. The topological polar surface area (TPSA) is 72.7 Å². The summed E-state index contributed by atoms with van der Waals surface area (Å²) in [4.78, 5) is 24.3. The average molecular weight is 281 g/mol. The molecule has 0 unspecified atom stereocenters. The predicted molar refractivity (Wildman–Crippen MR) is 73.9 cm³/mol. The number of hydrogen-bond acceptors (Lipinski definition) is 5. The van der Waals surface area contributed by atoms with Crippen LogP contribution in [0.3, 0.4) is 0 Å². The van der Waals surface area contributed by atoms with Crippen LogP contribution in [0, 0.1) is 0 Å². The summed E-state index contributed by atoms with van der Waals surface area (Å²) < 4.78 is 0. The predicted octanol–water partition coefficient (Wildman–Crippen LogP) is 3.09. The minimum atomic E-state index is -2.62. The zero-order valence-electron chi connectivity index (χ0n) is 9.32. The number of anilines is 2. The molecule has 0 spiro atoms. The fraction of sp³-hybridized carbons (Fsp3) is 0. The van der Waals surface area contributed by atoms with Crippen molar-refractivity contribution in [3.8, 4) is 0 Å². The van der Waals surface area contributed by atoms with Gasteiger partial charge >= 0.3 is 8.60 Å². The van der Waals surface area contributed by atoms with E-state index in [1.165, 1.54) is 21.2 Å². The molecule has 3 rings (SSSR count). The van der Waals surface area contributed by atoms with E-state index >= 15 is 0 Å². The van der Waals surface area contributed by atoms with Gasteiger partial charge in [-0.1, -0.05) is 36.0 Å². The first kappa shape index (κ1) is 13.3. The highest BCUT2D eigenvalue weighted by Crippen LogP contribution is 2.43. The van der Waals surface area contributed by atoms with Gasteiger partial charge in [0, 0.05) is 9.79 Å². The molecule has 2 aromatic rings. The van der Waals surface area contributed by atoms with Gasteiger partial charge in [0.15, 0.2) is 0 Å². The molecule has 2 aromatic carbocycles. The monoisotopic (exact) mass is 281 g/mol. The van der Waals surface area contributed by atoms with Crippen molar-refractivity contribution in [1.29, 1.82) is 0 Å². The van der Waals surface area contributed by atoms with Gasteiger partial charge in [-0.2, -0.15) is 0 Å². The lowest BCUT2D eigenvalue weighted by Gasteiger charge is -2.19. The fourth-order valence-corrected chi connectivity index (χ4v) is 2.57. The Hall–Kier alpha value is -1.10. The summed E-state index contributed by atoms with van der Waals surface area (Å²) in [6, 6.07) is 16.8. The molecule has 1 heterocycles. The van der Waals surface area contributed by atoms with Gasteiger partial charge in [-0.05, 0) is 24.3 Å². The van der Waals surface area contributed by atoms with Crippen LogP contribution in [0.1, 0.15) is 0 Å². The summed E-state index contributed by atoms with van der Waals surface area (Å²) in [6.07, 6.45) is 0. The summed E-state index contributed by atoms with van der Waals surface area (Å²) in [5.74, 6) is 0. The van der Waals surface area contributed by atoms with Gasteiger partial charge in [0.2, 0.25) is 0 Å². The molecule has 4 nitrogen and oxygen atoms in total. The molecule has 0 atom stereocenters. The van der Waals surface area contributed by atoms with Crippen LogP contribution < -0.4 is 5.32 Å². The average Bonchev–Trinajstić information content (AvgIpc) is 2.35. The fourth-order valence-electron chi connectivity index (χ4n) is 1.58. The van der Waals surface area contributed by atoms with Crippen LogP contribution in [-0.4, -0.2) is 14.7 Å². The molecule has 0 bridgehead atoms. The van der Waals surface area contributed by atoms with Gasteiger partial charge in [0.05, 0.1) is 11.4 Å². The quantitative estimate of drug-likeness (QED) is 0.477. The van der Waals surface area contributed by atoms with Crippen molar-refractivity contribution in [3.05, 3.63) is 48.5 Å². The molecular weight excluding hydrogens is 269 g/mol. The molecule has 0 radical (unpaired) electrons. The van der Waals surface area contributed by atoms with Crippen molar-refractivity contribution < 1.29 is 14.7 Å². The van der Waals surface area contributed by atoms with Gasteiger partial charge < -0.3 is 20.0 Å². The number of benzene rings is 2. The first-order valence-corrected chi connectivity index (χ1v) is 7.18. The Morgan fingerprint density at radius 2 is 1.17 bits per heavy atom. The summed E-state index contributed by atoms with van der Waals surface area (Å²) in [6.45, 7) is 0. The maximum atomic E-state index is 7.23. The Kier molecular flexibility index (Phi) is 4.58. The molecule has 0 aromatic heterocycles. The van der Waals surface area contributed by atoms with E-state index in [1.807, 2.05) is 11.8 Å². The number of nitrogens with one attached hydrogen (secondary N) is 1. The Morgan fingerprint density at radius 3 is 1.61 bits per heavy atom. The van der Waals surface area contributed by atoms with Gasteiger partial charge in [-0.15, -0.1) is 0 Å². The van der Waals surface area contributed by atoms with Gasteiger partial charge in [-0.25, -0.2) is 0 Å². The molecular formula is C12H12NO3PS. The van der Waals surface area contributed by atoms with Crippen LogP contribution in [-0.2, 0) is 0 Å². The second-order valence-corrected chi connectivity index (χ2v) is 5.11. The summed E-state index contributed by atoms with van der Waals surface area (Å²) in [5.41, 5.74) is 2.41. The Balaban J connectivity index is 0.000000267. The normalized spacial score (nSPS) is 11.8. The van der Waals surface area contributed by atoms with Gasteiger partial charge in [-0.3, -0.25) is 0 Å². The third kappa shape index (κ3) is 3.45. The SMILES string of the molecule is OP(O)O.c1ccc2c(c1)Nc1ccccc1S2. The molecule has 0 amide bonds. The maximum absolute atomic E-state index is 7.23. The lowest BCUT2D eigenvalue weighted by atomic mass is 10.2. The van der Waals surface area contributed by atoms with E-state index in [-0.39, 0.29) is 0 Å². The number of para-hydroxylation sites is 2. The van der Waals surface area contributed by atoms with Crippen LogP contribution in [0.2, 0.25) is 0 Å². The molecule has 4 N–H and O–H groups in total. The van der Waals surface area contributed by atoms with Gasteiger partial charge in [0.1, 0.15) is 0 Å². The largest absolute Gasteiger partial charge is 0.354 e. The van der Waals surface area contributed by atoms with E-state index in [9.17, 15) is 0 Å². The van der Waals surface area contributed by atoms with E-state index in [4.69, 9.17) is 14.7 Å². The van der Waals surface area contributed by atoms with Crippen LogP contribution in [0.4, 0.5) is 11.4 Å². The maximum Gasteiger partial charge on any atom is 0.324 e. The minimum Gasteiger partial charge on any atom is -0.354 e. The Morgan fingerprint density at radius 1 is 0.778 bits per heavy atom. The van der Waals surface area contributed by atoms with Crippen LogP contribution >= 0.6 is 20.4 Å². The van der Waals surface area contributed by atoms with Crippen LogP contribution in [0.25, 0.3) is 0 Å². The van der Waals surface area contributed by atoms with Crippen molar-refractivity contribution in [2.45, 2.75) is 9.79 Å². The second kappa shape index (κ2) is 6.18. The third-order valence-corrected chi connectivity index (χ3v) is 3.42. The third-order valence-electron chi connectivity index (χ3n) is 2.26. The van der Waals surface area contributed by atoms with E-state index in [2.05, 4.69) is 53.8 Å². The van der Waals surface area contributed by atoms with Crippen molar-refractivity contribution in [1.82, 2.24) is 0 Å². The van der Waals surface area contributed by atoms with E-state index < -0.39 is 8.60 Å². The van der Waals surface area contributed by atoms with Crippen molar-refractivity contribution >= 4 is 31.7 Å². The van der Waals surface area contributed by atoms with Crippen LogP contribution in [0.5, 0.6) is 0 Å². The van der Waals surface area contributed by atoms with E-state index in [1.54, 1.807) is 0 Å². The zero-order chi connectivity index (χ0) is 13.0. The lowest BCUT2D eigenvalue weighted by Crippen LogP contribution is -1.98. The van der Waals surface area contributed by atoms with Crippen LogP contribution in [0.15, 0.2) is 58.3 Å². The zero-order valence-corrected chi connectivity index (χ0v) is 11.0. The first-order chi connectivity index (χ1) is 8.66. The molecule has 18 heavy (non-hydrogen) atoms. The lowest BCUT2D eigenvalue weighted by molar-refractivity contribution is 0.368. The Labute approximate surface area is 110 Å². The number of fused-ring (bicyclic) bond motifs is 2. The standard InChI is InChI=1S/C12H9NS.H3O3P/c1-3-7-11-9(5-1)13-10-6-2-4-8-12(10)14-11;1-4(2)3/h1-8,13H;1-3H. The molecule has 0 fully saturated rings. The summed E-state index contributed by atoms with van der Waals surface area (Å²) in [5, 5.41) is 3.42. The molecule has 1 aliphatic rings. The van der Waals surface area contributed by atoms with Crippen molar-refractivity contribution in [2.75, 3.05) is 5.32 Å². The molecule has 6 heteroatoms. The molecule has 0 saturated carbocycles. The van der Waals surface area contributed by atoms with E-state index in [0.29, 0.717) is 0 Å². The molecule has 1 aliphatic heterocycles. The molecule has 94 valence electrons. The highest BCUT2D eigenvalue weighted by atomic mass is 32.2. The van der Waals surface area contributed by atoms with Crippen molar-refractivity contribution in [3.63, 3.8) is 0 Å². The molecule has 0 saturated heterocycles. The Bertz CT molecular complexity index is 446. The molecule has 0 aliphatic carbocycles. The smallest absolute Gasteiger partial charge is 0.324 e. The van der Waals surface area contributed by atoms with Gasteiger partial charge in [0.25, 0.3) is 0 Å². The summed E-state index contributed by atoms with van der Waals surface area (Å²) >= 11 is 1.82. The van der Waals surface area contributed by atoms with Crippen molar-refractivity contribution in [2.24, 2.45) is 0 Å². The highest BCUT2D eigenvalue weighted by Gasteiger charge is 2.13. The first-order valence-electron chi connectivity index (χ1n) is 5.16. The summed E-state index contributed by atoms with van der Waals surface area (Å²) in [7, 11) is -2.62. The van der Waals surface area contributed by atoms with E-state index in [0.717, 1.165) is 0 Å². The number of hydrogen-bond donors (Lipinski definition) is 4.